The zero-order valence-electron chi connectivity index (χ0n) is 12.3. The molecule has 2 N–H and O–H groups in total. The minimum atomic E-state index is -0.716. The number of aromatic nitrogens is 1. The summed E-state index contributed by atoms with van der Waals surface area (Å²) in [5.41, 5.74) is 1.72. The topological polar surface area (TPSA) is 48.4 Å². The lowest BCUT2D eigenvalue weighted by molar-refractivity contribution is 0.166. The van der Waals surface area contributed by atoms with E-state index in [9.17, 15) is 9.50 Å². The molecule has 1 fully saturated rings. The average molecular weight is 301 g/mol. The summed E-state index contributed by atoms with van der Waals surface area (Å²) in [5, 5.41) is 13.5. The Morgan fingerprint density at radius 3 is 2.82 bits per heavy atom. The van der Waals surface area contributed by atoms with Gasteiger partial charge in [-0.1, -0.05) is 18.2 Å². The van der Waals surface area contributed by atoms with E-state index in [4.69, 9.17) is 0 Å². The zero-order valence-corrected chi connectivity index (χ0v) is 12.3. The second-order valence-electron chi connectivity index (χ2n) is 5.59. The van der Waals surface area contributed by atoms with Gasteiger partial charge in [0.2, 0.25) is 0 Å². The quantitative estimate of drug-likeness (QED) is 0.888. The number of hydrogen-bond donors (Lipinski definition) is 2. The van der Waals surface area contributed by atoms with Gasteiger partial charge in [0.25, 0.3) is 0 Å². The predicted octanol–water partition coefficient (Wildman–Crippen LogP) is 2.12. The van der Waals surface area contributed by atoms with Crippen molar-refractivity contribution in [2.24, 2.45) is 0 Å². The van der Waals surface area contributed by atoms with E-state index in [1.54, 1.807) is 0 Å². The predicted molar refractivity (Wildman–Crippen MR) is 84.2 cm³/mol. The summed E-state index contributed by atoms with van der Waals surface area (Å²) in [6.07, 6.45) is 1.45. The molecule has 0 bridgehead atoms. The molecular formula is C17H20FN3O. The molecule has 1 aromatic carbocycles. The molecule has 0 amide bonds. The third kappa shape index (κ3) is 3.61. The fraction of sp³-hybridized carbons (Fsp3) is 0.353. The first-order chi connectivity index (χ1) is 10.7. The lowest BCUT2D eigenvalue weighted by Crippen LogP contribution is -2.35. The number of nitrogens with zero attached hydrogens (tertiary/aromatic N) is 2. The van der Waals surface area contributed by atoms with Gasteiger partial charge in [-0.15, -0.1) is 0 Å². The molecule has 1 aromatic heterocycles. The average Bonchev–Trinajstić information content (AvgIpc) is 3.03. The van der Waals surface area contributed by atoms with E-state index in [1.165, 1.54) is 17.8 Å². The van der Waals surface area contributed by atoms with Crippen molar-refractivity contribution in [3.05, 3.63) is 60.2 Å². The van der Waals surface area contributed by atoms with Crippen molar-refractivity contribution in [3.63, 3.8) is 0 Å². The summed E-state index contributed by atoms with van der Waals surface area (Å²) in [6.45, 7) is 2.35. The van der Waals surface area contributed by atoms with Gasteiger partial charge in [0.1, 0.15) is 11.9 Å². The molecule has 1 aliphatic rings. The second-order valence-corrected chi connectivity index (χ2v) is 5.59. The van der Waals surface area contributed by atoms with E-state index in [0.717, 1.165) is 25.7 Å². The molecule has 116 valence electrons. The molecule has 2 unspecified atom stereocenters. The summed E-state index contributed by atoms with van der Waals surface area (Å²) in [7, 11) is 0. The minimum absolute atomic E-state index is 0.343. The van der Waals surface area contributed by atoms with Gasteiger partial charge in [-0.05, 0) is 30.7 Å². The standard InChI is InChI=1S/C17H20FN3O/c18-13-6-7-16(20-10-13)17(22)11-19-14-8-9-21(12-14)15-4-2-1-3-5-15/h1-7,10,14,17,19,22H,8-9,11-12H2. The van der Waals surface area contributed by atoms with Gasteiger partial charge in [0, 0.05) is 31.4 Å². The van der Waals surface area contributed by atoms with Crippen molar-refractivity contribution >= 4 is 5.69 Å². The van der Waals surface area contributed by atoms with Crippen LogP contribution in [0.3, 0.4) is 0 Å². The van der Waals surface area contributed by atoms with Gasteiger partial charge in [-0.3, -0.25) is 4.98 Å². The van der Waals surface area contributed by atoms with Gasteiger partial charge in [0.15, 0.2) is 0 Å². The van der Waals surface area contributed by atoms with E-state index in [0.29, 0.717) is 18.3 Å². The number of aliphatic hydroxyl groups is 1. The lowest BCUT2D eigenvalue weighted by Gasteiger charge is -2.20. The highest BCUT2D eigenvalue weighted by molar-refractivity contribution is 5.47. The Hall–Kier alpha value is -1.98. The fourth-order valence-electron chi connectivity index (χ4n) is 2.77. The number of para-hydroxylation sites is 1. The van der Waals surface area contributed by atoms with Gasteiger partial charge >= 0.3 is 0 Å². The summed E-state index contributed by atoms with van der Waals surface area (Å²) in [5.74, 6) is -0.391. The molecule has 0 radical (unpaired) electrons. The monoisotopic (exact) mass is 301 g/mol. The van der Waals surface area contributed by atoms with E-state index in [-0.39, 0.29) is 0 Å². The first-order valence-electron chi connectivity index (χ1n) is 7.55. The Balaban J connectivity index is 1.49. The Bertz CT molecular complexity index is 591. The van der Waals surface area contributed by atoms with Crippen LogP contribution in [0.2, 0.25) is 0 Å². The molecule has 2 heterocycles. The number of pyridine rings is 1. The van der Waals surface area contributed by atoms with Gasteiger partial charge in [-0.2, -0.15) is 0 Å². The van der Waals surface area contributed by atoms with Crippen LogP contribution in [0.25, 0.3) is 0 Å². The number of hydrogen-bond acceptors (Lipinski definition) is 4. The number of anilines is 1. The highest BCUT2D eigenvalue weighted by Crippen LogP contribution is 2.20. The summed E-state index contributed by atoms with van der Waals surface area (Å²) in [6, 6.07) is 13.5. The van der Waals surface area contributed by atoms with E-state index < -0.39 is 11.9 Å². The minimum Gasteiger partial charge on any atom is -0.385 e. The second kappa shape index (κ2) is 6.85. The first-order valence-corrected chi connectivity index (χ1v) is 7.55. The molecule has 4 nitrogen and oxygen atoms in total. The Morgan fingerprint density at radius 1 is 1.27 bits per heavy atom. The molecule has 3 rings (SSSR count). The molecule has 2 atom stereocenters. The highest BCUT2D eigenvalue weighted by Gasteiger charge is 2.23. The molecule has 0 saturated carbocycles. The van der Waals surface area contributed by atoms with Crippen LogP contribution in [0.4, 0.5) is 10.1 Å². The van der Waals surface area contributed by atoms with Crippen molar-refractivity contribution in [2.45, 2.75) is 18.6 Å². The Labute approximate surface area is 129 Å². The molecular weight excluding hydrogens is 281 g/mol. The van der Waals surface area contributed by atoms with Crippen LogP contribution in [0, 0.1) is 5.82 Å². The van der Waals surface area contributed by atoms with Gasteiger partial charge in [0.05, 0.1) is 11.9 Å². The smallest absolute Gasteiger partial charge is 0.141 e. The van der Waals surface area contributed by atoms with E-state index in [1.807, 2.05) is 18.2 Å². The zero-order chi connectivity index (χ0) is 15.4. The molecule has 5 heteroatoms. The highest BCUT2D eigenvalue weighted by atomic mass is 19.1. The maximum absolute atomic E-state index is 12.8. The normalized spacial score (nSPS) is 19.4. The van der Waals surface area contributed by atoms with Gasteiger partial charge < -0.3 is 15.3 Å². The first kappa shape index (κ1) is 14.9. The van der Waals surface area contributed by atoms with Crippen molar-refractivity contribution in [1.29, 1.82) is 0 Å². The van der Waals surface area contributed by atoms with Crippen LogP contribution >= 0.6 is 0 Å². The lowest BCUT2D eigenvalue weighted by atomic mass is 10.2. The van der Waals surface area contributed by atoms with E-state index in [2.05, 4.69) is 27.3 Å². The number of aliphatic hydroxyl groups excluding tert-OH is 1. The van der Waals surface area contributed by atoms with Crippen LogP contribution in [0.1, 0.15) is 18.2 Å². The maximum Gasteiger partial charge on any atom is 0.141 e. The molecule has 22 heavy (non-hydrogen) atoms. The van der Waals surface area contributed by atoms with Crippen LogP contribution in [-0.2, 0) is 0 Å². The number of halogens is 1. The van der Waals surface area contributed by atoms with Crippen molar-refractivity contribution in [1.82, 2.24) is 10.3 Å². The summed E-state index contributed by atoms with van der Waals surface area (Å²) in [4.78, 5) is 6.24. The van der Waals surface area contributed by atoms with Crippen LogP contribution < -0.4 is 10.2 Å². The van der Waals surface area contributed by atoms with Crippen LogP contribution in [-0.4, -0.2) is 35.8 Å². The molecule has 1 aliphatic heterocycles. The summed E-state index contributed by atoms with van der Waals surface area (Å²) < 4.78 is 12.8. The van der Waals surface area contributed by atoms with Crippen molar-refractivity contribution < 1.29 is 9.50 Å². The maximum atomic E-state index is 12.8. The largest absolute Gasteiger partial charge is 0.385 e. The molecule has 0 spiro atoms. The third-order valence-electron chi connectivity index (χ3n) is 4.00. The van der Waals surface area contributed by atoms with E-state index >= 15 is 0 Å². The molecule has 2 aromatic rings. The van der Waals surface area contributed by atoms with Crippen molar-refractivity contribution in [3.8, 4) is 0 Å². The number of benzene rings is 1. The van der Waals surface area contributed by atoms with Crippen LogP contribution in [0.5, 0.6) is 0 Å². The van der Waals surface area contributed by atoms with Crippen molar-refractivity contribution in [2.75, 3.05) is 24.5 Å². The fourth-order valence-corrected chi connectivity index (χ4v) is 2.77. The SMILES string of the molecule is OC(CNC1CCN(c2ccccc2)C1)c1ccc(F)cn1. The van der Waals surface area contributed by atoms with Crippen LogP contribution in [0.15, 0.2) is 48.7 Å². The number of nitrogens with one attached hydrogen (secondary N) is 1. The third-order valence-corrected chi connectivity index (χ3v) is 4.00. The molecule has 1 saturated heterocycles. The molecule has 0 aliphatic carbocycles. The number of rotatable bonds is 5. The van der Waals surface area contributed by atoms with Gasteiger partial charge in [-0.25, -0.2) is 4.39 Å². The summed E-state index contributed by atoms with van der Waals surface area (Å²) >= 11 is 0. The Morgan fingerprint density at radius 2 is 2.09 bits per heavy atom. The Kier molecular flexibility index (Phi) is 4.65.